The van der Waals surface area contributed by atoms with Crippen molar-refractivity contribution in [2.24, 2.45) is 5.92 Å². The highest BCUT2D eigenvalue weighted by atomic mass is 32.2. The Bertz CT molecular complexity index is 1660. The second-order valence-corrected chi connectivity index (χ2v) is 17.1. The lowest BCUT2D eigenvalue weighted by atomic mass is 9.82. The summed E-state index contributed by atoms with van der Waals surface area (Å²) in [6, 6.07) is 18.5. The number of likely N-dealkylation sites (tertiary alicyclic amines) is 1. The number of anilines is 1. The zero-order valence-corrected chi connectivity index (χ0v) is 30.4. The van der Waals surface area contributed by atoms with E-state index >= 15 is 4.39 Å². The first kappa shape index (κ1) is 36.6. The Morgan fingerprint density at radius 3 is 2.31 bits per heavy atom. The Balaban J connectivity index is 1.54. The van der Waals surface area contributed by atoms with Gasteiger partial charge >= 0.3 is 6.09 Å². The number of hydrogen-bond acceptors (Lipinski definition) is 6. The van der Waals surface area contributed by atoms with Gasteiger partial charge in [0.1, 0.15) is 23.1 Å². The fourth-order valence-corrected chi connectivity index (χ4v) is 7.22. The van der Waals surface area contributed by atoms with Crippen LogP contribution in [0.5, 0.6) is 0 Å². The van der Waals surface area contributed by atoms with Crippen molar-refractivity contribution in [2.45, 2.75) is 101 Å². The fraction of sp³-hybridized carbons (Fsp3) is 0.500. The lowest BCUT2D eigenvalue weighted by Gasteiger charge is -2.37. The van der Waals surface area contributed by atoms with E-state index < -0.39 is 56.3 Å². The third-order valence-electron chi connectivity index (χ3n) is 9.21. The Kier molecular flexibility index (Phi) is 10.7. The maximum absolute atomic E-state index is 15.7. The van der Waals surface area contributed by atoms with Crippen LogP contribution in [0.3, 0.4) is 0 Å². The van der Waals surface area contributed by atoms with Crippen LogP contribution in [0.25, 0.3) is 0 Å². The number of methoxy groups -OCH3 is 1. The average Bonchev–Trinajstić information content (AvgIpc) is 3.80. The highest BCUT2D eigenvalue weighted by Crippen LogP contribution is 2.43. The number of carbonyl (C=O) groups excluding carboxylic acids is 2. The quantitative estimate of drug-likeness (QED) is 0.220. The molecule has 0 spiro atoms. The van der Waals surface area contributed by atoms with Crippen molar-refractivity contribution < 1.29 is 27.7 Å². The molecule has 1 aliphatic carbocycles. The van der Waals surface area contributed by atoms with Gasteiger partial charge in [0.2, 0.25) is 5.91 Å². The topological polar surface area (TPSA) is 110 Å². The van der Waals surface area contributed by atoms with Crippen LogP contribution in [0.4, 0.5) is 14.9 Å². The lowest BCUT2D eigenvalue weighted by molar-refractivity contribution is -0.120. The van der Waals surface area contributed by atoms with Gasteiger partial charge < -0.3 is 14.8 Å². The highest BCUT2D eigenvalue weighted by Gasteiger charge is 2.51. The van der Waals surface area contributed by atoms with Gasteiger partial charge in [-0.05, 0) is 95.7 Å². The van der Waals surface area contributed by atoms with E-state index in [0.29, 0.717) is 23.6 Å². The fourth-order valence-electron chi connectivity index (χ4n) is 6.27. The number of rotatable bonds is 11. The Hall–Kier alpha value is -3.67. The highest BCUT2D eigenvalue weighted by molar-refractivity contribution is 7.84. The summed E-state index contributed by atoms with van der Waals surface area (Å²) in [6.07, 6.45) is 4.84. The number of amides is 2. The van der Waals surface area contributed by atoms with Crippen molar-refractivity contribution >= 4 is 28.7 Å². The van der Waals surface area contributed by atoms with Gasteiger partial charge in [-0.25, -0.2) is 18.1 Å². The van der Waals surface area contributed by atoms with Crippen LogP contribution in [0.15, 0.2) is 72.9 Å². The molecular formula is C38H49FN4O5S. The van der Waals surface area contributed by atoms with Gasteiger partial charge in [0, 0.05) is 19.7 Å². The first-order valence-electron chi connectivity index (χ1n) is 16.9. The molecule has 1 saturated carbocycles. The van der Waals surface area contributed by atoms with Gasteiger partial charge in [-0.2, -0.15) is 0 Å². The molecule has 1 aliphatic heterocycles. The Morgan fingerprint density at radius 2 is 1.71 bits per heavy atom. The van der Waals surface area contributed by atoms with Gasteiger partial charge in [-0.1, -0.05) is 55.3 Å². The van der Waals surface area contributed by atoms with Crippen LogP contribution in [-0.2, 0) is 36.4 Å². The summed E-state index contributed by atoms with van der Waals surface area (Å²) in [7, 11) is 0.0362. The van der Waals surface area contributed by atoms with E-state index in [4.69, 9.17) is 14.5 Å². The number of aromatic nitrogens is 1. The van der Waals surface area contributed by atoms with E-state index in [1.807, 2.05) is 69.3 Å². The number of ether oxygens (including phenoxy) is 2. The summed E-state index contributed by atoms with van der Waals surface area (Å²) in [5.41, 5.74) is -0.815. The first-order chi connectivity index (χ1) is 23.1. The third-order valence-corrected chi connectivity index (χ3v) is 10.9. The minimum Gasteiger partial charge on any atom is -0.444 e. The second-order valence-electron chi connectivity index (χ2n) is 15.2. The first-order valence-corrected chi connectivity index (χ1v) is 18.0. The zero-order valence-electron chi connectivity index (χ0n) is 29.5. The van der Waals surface area contributed by atoms with Crippen molar-refractivity contribution in [3.63, 3.8) is 0 Å². The van der Waals surface area contributed by atoms with Crippen molar-refractivity contribution in [2.75, 3.05) is 19.0 Å². The standard InChI is InChI=1S/C38H49FN4O5S/c1-35(2,3)48-34(45)43-25-37(47-7,27-13-9-8-10-14-27)24-31(43)33(44)41-30-23-28(18-19-29(30)39)38(21-20-26-16-17-26,32-15-11-12-22-40-32)42-49(46)36(4,5)6/h8-15,18-19,22-23,26,31,42H,16-17,20-21,24-25H2,1-7H3,(H,41,44)/t31-,37-,38?,49?/m1/s1. The number of carbonyl (C=O) groups is 2. The summed E-state index contributed by atoms with van der Waals surface area (Å²) in [5.74, 6) is -0.669. The van der Waals surface area contributed by atoms with E-state index in [0.717, 1.165) is 24.8 Å². The molecule has 9 nitrogen and oxygen atoms in total. The van der Waals surface area contributed by atoms with Crippen LogP contribution in [-0.4, -0.2) is 56.1 Å². The lowest BCUT2D eigenvalue weighted by Crippen LogP contribution is -2.49. The summed E-state index contributed by atoms with van der Waals surface area (Å²) in [4.78, 5) is 33.8. The van der Waals surface area contributed by atoms with E-state index in [1.54, 1.807) is 46.2 Å². The molecule has 2 unspecified atom stereocenters. The molecule has 0 radical (unpaired) electrons. The summed E-state index contributed by atoms with van der Waals surface area (Å²) in [5, 5.41) is 2.79. The van der Waals surface area contributed by atoms with Crippen molar-refractivity contribution in [3.05, 3.63) is 95.6 Å². The summed E-state index contributed by atoms with van der Waals surface area (Å²) < 4.78 is 44.0. The van der Waals surface area contributed by atoms with Gasteiger partial charge in [-0.3, -0.25) is 14.7 Å². The van der Waals surface area contributed by atoms with E-state index in [9.17, 15) is 13.8 Å². The molecule has 3 aromatic rings. The predicted molar refractivity (Wildman–Crippen MR) is 190 cm³/mol. The van der Waals surface area contributed by atoms with Crippen LogP contribution in [0.1, 0.15) is 90.5 Å². The maximum atomic E-state index is 15.7. The molecule has 2 amide bonds. The smallest absolute Gasteiger partial charge is 0.411 e. The largest absolute Gasteiger partial charge is 0.444 e. The monoisotopic (exact) mass is 692 g/mol. The molecule has 49 heavy (non-hydrogen) atoms. The molecule has 2 N–H and O–H groups in total. The van der Waals surface area contributed by atoms with E-state index in [2.05, 4.69) is 10.0 Å². The number of halogens is 1. The molecule has 4 atom stereocenters. The molecule has 0 bridgehead atoms. The van der Waals surface area contributed by atoms with E-state index in [1.165, 1.54) is 11.0 Å². The van der Waals surface area contributed by atoms with Crippen molar-refractivity contribution in [3.8, 4) is 0 Å². The number of nitrogens with one attached hydrogen (secondary N) is 2. The Morgan fingerprint density at radius 1 is 1.02 bits per heavy atom. The molecule has 2 aromatic carbocycles. The van der Waals surface area contributed by atoms with E-state index in [-0.39, 0.29) is 18.7 Å². The Labute approximate surface area is 292 Å². The SMILES string of the molecule is CO[C@]1(c2ccccc2)C[C@H](C(=O)Nc2cc(C(CCC3CC3)(NS(=O)C(C)(C)C)c3ccccn3)ccc2F)N(C(=O)OC(C)(C)C)C1. The van der Waals surface area contributed by atoms with Crippen LogP contribution in [0, 0.1) is 11.7 Å². The molecule has 2 fully saturated rings. The average molecular weight is 693 g/mol. The minimum atomic E-state index is -1.52. The normalized spacial score (nSPS) is 21.6. The second kappa shape index (κ2) is 14.3. The van der Waals surface area contributed by atoms with Gasteiger partial charge in [0.25, 0.3) is 0 Å². The number of nitrogens with zero attached hydrogens (tertiary/aromatic N) is 2. The molecule has 5 rings (SSSR count). The summed E-state index contributed by atoms with van der Waals surface area (Å²) >= 11 is 0. The zero-order chi connectivity index (χ0) is 35.6. The van der Waals surface area contributed by atoms with Gasteiger partial charge in [0.05, 0.1) is 39.2 Å². The maximum Gasteiger partial charge on any atom is 0.411 e. The van der Waals surface area contributed by atoms with Crippen LogP contribution >= 0.6 is 0 Å². The molecular weight excluding hydrogens is 644 g/mol. The van der Waals surface area contributed by atoms with Gasteiger partial charge in [-0.15, -0.1) is 0 Å². The third kappa shape index (κ3) is 8.38. The molecule has 2 heterocycles. The predicted octanol–water partition coefficient (Wildman–Crippen LogP) is 7.20. The minimum absolute atomic E-state index is 0.0589. The molecule has 2 aliphatic rings. The molecule has 264 valence electrons. The van der Waals surface area contributed by atoms with Gasteiger partial charge in [0.15, 0.2) is 0 Å². The number of benzene rings is 2. The van der Waals surface area contributed by atoms with Crippen LogP contribution in [0.2, 0.25) is 0 Å². The summed E-state index contributed by atoms with van der Waals surface area (Å²) in [6.45, 7) is 11.0. The molecule has 1 aromatic heterocycles. The van der Waals surface area contributed by atoms with Crippen molar-refractivity contribution in [1.29, 1.82) is 0 Å². The number of hydrogen-bond donors (Lipinski definition) is 2. The molecule has 11 heteroatoms. The van der Waals surface area contributed by atoms with Crippen LogP contribution < -0.4 is 10.0 Å². The van der Waals surface area contributed by atoms with Crippen molar-refractivity contribution in [1.82, 2.24) is 14.6 Å². The number of pyridine rings is 1. The molecule has 1 saturated heterocycles.